The second kappa shape index (κ2) is 5.87. The van der Waals surface area contributed by atoms with Crippen LogP contribution in [0, 0.1) is 0 Å². The smallest absolute Gasteiger partial charge is 0.266 e. The largest absolute Gasteiger partial charge is 0.369 e. The van der Waals surface area contributed by atoms with E-state index in [0.717, 1.165) is 4.90 Å². The van der Waals surface area contributed by atoms with Crippen LogP contribution in [0.5, 0.6) is 0 Å². The van der Waals surface area contributed by atoms with E-state index >= 15 is 0 Å². The highest BCUT2D eigenvalue weighted by atomic mass is 16.3. The minimum absolute atomic E-state index is 0.295. The van der Waals surface area contributed by atoms with E-state index < -0.39 is 6.23 Å². The number of carbonyl (C=O) groups is 3. The number of amides is 3. The SMILES string of the molecule is O=C1c2ccccc2C(=O)N1c1ccc(N2C(=O)c3ccccc3C2O)cc1. The lowest BCUT2D eigenvalue weighted by Crippen LogP contribution is -2.30. The van der Waals surface area contributed by atoms with Gasteiger partial charge in [0.1, 0.15) is 0 Å². The lowest BCUT2D eigenvalue weighted by atomic mass is 10.1. The molecular formula is C22H14N2O4. The molecule has 0 saturated carbocycles. The van der Waals surface area contributed by atoms with Crippen molar-refractivity contribution >= 4 is 29.1 Å². The Balaban J connectivity index is 1.48. The minimum atomic E-state index is -1.08. The molecule has 6 heteroatoms. The van der Waals surface area contributed by atoms with Crippen molar-refractivity contribution in [3.8, 4) is 0 Å². The molecule has 0 spiro atoms. The zero-order valence-corrected chi connectivity index (χ0v) is 14.6. The monoisotopic (exact) mass is 370 g/mol. The summed E-state index contributed by atoms with van der Waals surface area (Å²) < 4.78 is 0. The van der Waals surface area contributed by atoms with E-state index in [4.69, 9.17) is 0 Å². The van der Waals surface area contributed by atoms with Gasteiger partial charge in [0.25, 0.3) is 17.7 Å². The molecule has 0 bridgehead atoms. The van der Waals surface area contributed by atoms with E-state index in [1.807, 2.05) is 0 Å². The van der Waals surface area contributed by atoms with E-state index in [9.17, 15) is 19.5 Å². The maximum atomic E-state index is 12.6. The van der Waals surface area contributed by atoms with Crippen LogP contribution in [0.15, 0.2) is 72.8 Å². The number of fused-ring (bicyclic) bond motifs is 2. The molecule has 5 rings (SSSR count). The second-order valence-electron chi connectivity index (χ2n) is 6.64. The number of rotatable bonds is 2. The second-order valence-corrected chi connectivity index (χ2v) is 6.64. The topological polar surface area (TPSA) is 77.9 Å². The molecular weight excluding hydrogens is 356 g/mol. The fraction of sp³-hybridized carbons (Fsp3) is 0.0455. The highest BCUT2D eigenvalue weighted by molar-refractivity contribution is 6.34. The van der Waals surface area contributed by atoms with Gasteiger partial charge in [0.15, 0.2) is 6.23 Å². The van der Waals surface area contributed by atoms with Crippen molar-refractivity contribution in [2.75, 3.05) is 9.80 Å². The van der Waals surface area contributed by atoms with Gasteiger partial charge in [0, 0.05) is 16.8 Å². The molecule has 0 aromatic heterocycles. The van der Waals surface area contributed by atoms with E-state index in [-0.39, 0.29) is 17.7 Å². The van der Waals surface area contributed by atoms with Crippen LogP contribution in [0.4, 0.5) is 11.4 Å². The van der Waals surface area contributed by atoms with Gasteiger partial charge in [-0.15, -0.1) is 0 Å². The lowest BCUT2D eigenvalue weighted by molar-refractivity contribution is 0.0916. The van der Waals surface area contributed by atoms with E-state index in [1.54, 1.807) is 72.8 Å². The molecule has 28 heavy (non-hydrogen) atoms. The minimum Gasteiger partial charge on any atom is -0.369 e. The van der Waals surface area contributed by atoms with Crippen LogP contribution in [0.2, 0.25) is 0 Å². The lowest BCUT2D eigenvalue weighted by Gasteiger charge is -2.22. The Morgan fingerprint density at radius 1 is 0.607 bits per heavy atom. The van der Waals surface area contributed by atoms with Crippen LogP contribution >= 0.6 is 0 Å². The Labute approximate surface area is 160 Å². The number of anilines is 2. The third-order valence-corrected chi connectivity index (χ3v) is 5.11. The van der Waals surface area contributed by atoms with Crippen molar-refractivity contribution in [2.24, 2.45) is 0 Å². The van der Waals surface area contributed by atoms with Gasteiger partial charge < -0.3 is 5.11 Å². The summed E-state index contributed by atoms with van der Waals surface area (Å²) in [4.78, 5) is 40.3. The molecule has 2 aliphatic heterocycles. The van der Waals surface area contributed by atoms with E-state index in [1.165, 1.54) is 4.90 Å². The molecule has 3 amide bonds. The maximum Gasteiger partial charge on any atom is 0.266 e. The van der Waals surface area contributed by atoms with E-state index in [2.05, 4.69) is 0 Å². The Hall–Kier alpha value is -3.77. The predicted molar refractivity (Wildman–Crippen MR) is 102 cm³/mol. The Kier molecular flexibility index (Phi) is 3.44. The van der Waals surface area contributed by atoms with Crippen LogP contribution < -0.4 is 9.80 Å². The molecule has 0 aliphatic carbocycles. The summed E-state index contributed by atoms with van der Waals surface area (Å²) in [5.41, 5.74) is 2.65. The molecule has 0 saturated heterocycles. The van der Waals surface area contributed by atoms with Crippen LogP contribution in [-0.2, 0) is 0 Å². The number of carbonyl (C=O) groups excluding carboxylic acids is 3. The van der Waals surface area contributed by atoms with Crippen molar-refractivity contribution in [3.05, 3.63) is 95.1 Å². The van der Waals surface area contributed by atoms with Crippen LogP contribution in [0.3, 0.4) is 0 Å². The first-order valence-corrected chi connectivity index (χ1v) is 8.76. The third kappa shape index (κ3) is 2.15. The number of hydrogen-bond acceptors (Lipinski definition) is 4. The molecule has 0 fully saturated rings. The van der Waals surface area contributed by atoms with Crippen molar-refractivity contribution in [2.45, 2.75) is 6.23 Å². The van der Waals surface area contributed by atoms with Gasteiger partial charge in [-0.1, -0.05) is 30.3 Å². The summed E-state index contributed by atoms with van der Waals surface area (Å²) >= 11 is 0. The molecule has 1 atom stereocenters. The summed E-state index contributed by atoms with van der Waals surface area (Å²) in [5.74, 6) is -1.05. The number of imide groups is 1. The van der Waals surface area contributed by atoms with Gasteiger partial charge in [0.05, 0.1) is 16.8 Å². The molecule has 3 aromatic rings. The van der Waals surface area contributed by atoms with Crippen molar-refractivity contribution in [1.29, 1.82) is 0 Å². The number of hydrogen-bond donors (Lipinski definition) is 1. The summed E-state index contributed by atoms with van der Waals surface area (Å²) in [6.45, 7) is 0. The molecule has 1 N–H and O–H groups in total. The van der Waals surface area contributed by atoms with Gasteiger partial charge in [-0.05, 0) is 42.5 Å². The molecule has 2 aliphatic rings. The van der Waals surface area contributed by atoms with Gasteiger partial charge in [0.2, 0.25) is 0 Å². The maximum absolute atomic E-state index is 12.6. The van der Waals surface area contributed by atoms with E-state index in [0.29, 0.717) is 33.6 Å². The summed E-state index contributed by atoms with van der Waals surface area (Å²) in [5, 5.41) is 10.5. The van der Waals surface area contributed by atoms with Gasteiger partial charge in [-0.2, -0.15) is 0 Å². The van der Waals surface area contributed by atoms with Crippen molar-refractivity contribution in [1.82, 2.24) is 0 Å². The molecule has 3 aromatic carbocycles. The Morgan fingerprint density at radius 3 is 1.68 bits per heavy atom. The van der Waals surface area contributed by atoms with Gasteiger partial charge in [-0.25, -0.2) is 4.90 Å². The Bertz CT molecular complexity index is 1120. The van der Waals surface area contributed by atoms with Gasteiger partial charge >= 0.3 is 0 Å². The van der Waals surface area contributed by atoms with Gasteiger partial charge in [-0.3, -0.25) is 19.3 Å². The molecule has 6 nitrogen and oxygen atoms in total. The first-order valence-electron chi connectivity index (χ1n) is 8.76. The van der Waals surface area contributed by atoms with Crippen LogP contribution in [0.25, 0.3) is 0 Å². The zero-order valence-electron chi connectivity index (χ0n) is 14.6. The summed E-state index contributed by atoms with van der Waals surface area (Å²) in [7, 11) is 0. The highest BCUT2D eigenvalue weighted by Crippen LogP contribution is 2.37. The molecule has 136 valence electrons. The summed E-state index contributed by atoms with van der Waals surface area (Å²) in [6, 6.07) is 20.0. The average molecular weight is 370 g/mol. The third-order valence-electron chi connectivity index (χ3n) is 5.11. The Morgan fingerprint density at radius 2 is 1.11 bits per heavy atom. The first-order chi connectivity index (χ1) is 13.6. The summed E-state index contributed by atoms with van der Waals surface area (Å²) in [6.07, 6.45) is -1.08. The molecule has 2 heterocycles. The zero-order chi connectivity index (χ0) is 19.4. The number of aliphatic hydroxyl groups excluding tert-OH is 1. The molecule has 1 unspecified atom stereocenters. The van der Waals surface area contributed by atoms with Crippen LogP contribution in [0.1, 0.15) is 42.9 Å². The first kappa shape index (κ1) is 16.4. The predicted octanol–water partition coefficient (Wildman–Crippen LogP) is 3.14. The van der Waals surface area contributed by atoms with Crippen molar-refractivity contribution < 1.29 is 19.5 Å². The fourth-order valence-electron chi connectivity index (χ4n) is 3.74. The number of nitrogens with zero attached hydrogens (tertiary/aromatic N) is 2. The normalized spacial score (nSPS) is 17.9. The average Bonchev–Trinajstić information content (AvgIpc) is 3.14. The molecule has 0 radical (unpaired) electrons. The highest BCUT2D eigenvalue weighted by Gasteiger charge is 2.38. The quantitative estimate of drug-likeness (QED) is 0.703. The fourth-order valence-corrected chi connectivity index (χ4v) is 3.74. The number of aliphatic hydroxyl groups is 1. The number of benzene rings is 3. The van der Waals surface area contributed by atoms with Crippen LogP contribution in [-0.4, -0.2) is 22.8 Å². The van der Waals surface area contributed by atoms with Crippen molar-refractivity contribution in [3.63, 3.8) is 0 Å². The standard InChI is InChI=1S/C22H14N2O4/c25-19-15-5-1-2-6-16(15)20(26)23(19)13-9-11-14(12-10-13)24-21(27)17-7-3-4-8-18(17)22(24)28/h1-12,19,25H.